The average molecular weight is 349 g/mol. The second kappa shape index (κ2) is 6.42. The number of hydrogen-bond donors (Lipinski definition) is 1. The molecule has 3 aromatic carbocycles. The van der Waals surface area contributed by atoms with Gasteiger partial charge in [0.15, 0.2) is 11.4 Å². The van der Waals surface area contributed by atoms with Crippen molar-refractivity contribution in [1.29, 1.82) is 0 Å². The molecule has 0 saturated heterocycles. The van der Waals surface area contributed by atoms with Crippen molar-refractivity contribution >= 4 is 40.4 Å². The highest BCUT2D eigenvalue weighted by Crippen LogP contribution is 2.36. The van der Waals surface area contributed by atoms with Crippen molar-refractivity contribution in [2.24, 2.45) is 0 Å². The molecule has 1 aromatic heterocycles. The average Bonchev–Trinajstić information content (AvgIpc) is 3.06. The summed E-state index contributed by atoms with van der Waals surface area (Å²) in [6.07, 6.45) is 0.773. The zero-order valence-corrected chi connectivity index (χ0v) is 13.8. The van der Waals surface area contributed by atoms with E-state index in [9.17, 15) is 4.79 Å². The maximum atomic E-state index is 10.9. The van der Waals surface area contributed by atoms with Crippen LogP contribution < -0.4 is 5.32 Å². The van der Waals surface area contributed by atoms with Gasteiger partial charge in [-0.2, -0.15) is 0 Å². The van der Waals surface area contributed by atoms with E-state index < -0.39 is 0 Å². The smallest absolute Gasteiger partial charge is 0.181 e. The van der Waals surface area contributed by atoms with E-state index in [1.807, 2.05) is 48.5 Å². The Kier molecular flexibility index (Phi) is 3.96. The van der Waals surface area contributed by atoms with Crippen LogP contribution in [0.5, 0.6) is 0 Å². The lowest BCUT2D eigenvalue weighted by Gasteiger charge is -2.10. The second-order valence-electron chi connectivity index (χ2n) is 5.56. The lowest BCUT2D eigenvalue weighted by atomic mass is 10.0. The molecule has 0 aliphatic rings. The summed E-state index contributed by atoms with van der Waals surface area (Å²) in [7, 11) is 0. The summed E-state index contributed by atoms with van der Waals surface area (Å²) in [4.78, 5) is 10.9. The molecule has 1 heterocycles. The molecule has 0 atom stereocenters. The number of nitrogens with one attached hydrogen (secondary N) is 1. The van der Waals surface area contributed by atoms with Gasteiger partial charge in [-0.05, 0) is 23.8 Å². The number of rotatable bonds is 4. The van der Waals surface area contributed by atoms with Crippen LogP contribution in [-0.4, -0.2) is 11.4 Å². The van der Waals surface area contributed by atoms with E-state index in [1.165, 1.54) is 0 Å². The van der Waals surface area contributed by atoms with Crippen LogP contribution in [0, 0.1) is 0 Å². The topological polar surface area (TPSA) is 55.1 Å². The number of carbonyl (C=O) groups is 1. The Morgan fingerprint density at radius 3 is 2.64 bits per heavy atom. The standard InChI is InChI=1S/C20H13ClN2O2/c21-19-15(14-5-2-1-3-6-14)7-4-8-17(19)22-20-16-10-9-13(12-24)11-18(16)25-23-20/h1-12H,(H,22,23). The summed E-state index contributed by atoms with van der Waals surface area (Å²) in [6.45, 7) is 0. The summed E-state index contributed by atoms with van der Waals surface area (Å²) in [5.41, 5.74) is 3.79. The number of aldehydes is 1. The number of hydrogen-bond acceptors (Lipinski definition) is 4. The van der Waals surface area contributed by atoms with Gasteiger partial charge in [0.25, 0.3) is 0 Å². The van der Waals surface area contributed by atoms with Crippen molar-refractivity contribution < 1.29 is 9.32 Å². The van der Waals surface area contributed by atoms with Gasteiger partial charge in [0.2, 0.25) is 0 Å². The summed E-state index contributed by atoms with van der Waals surface area (Å²) in [5.74, 6) is 0.555. The highest BCUT2D eigenvalue weighted by Gasteiger charge is 2.13. The Balaban J connectivity index is 1.73. The predicted molar refractivity (Wildman–Crippen MR) is 99.6 cm³/mol. The lowest BCUT2D eigenvalue weighted by Crippen LogP contribution is -1.93. The van der Waals surface area contributed by atoms with Gasteiger partial charge in [-0.15, -0.1) is 0 Å². The van der Waals surface area contributed by atoms with Crippen molar-refractivity contribution in [2.75, 3.05) is 5.32 Å². The van der Waals surface area contributed by atoms with Gasteiger partial charge >= 0.3 is 0 Å². The molecule has 0 saturated carbocycles. The fraction of sp³-hybridized carbons (Fsp3) is 0. The first-order chi connectivity index (χ1) is 12.3. The normalized spacial score (nSPS) is 10.8. The maximum absolute atomic E-state index is 10.9. The Hall–Kier alpha value is -3.11. The monoisotopic (exact) mass is 348 g/mol. The lowest BCUT2D eigenvalue weighted by molar-refractivity contribution is 0.112. The zero-order chi connectivity index (χ0) is 17.2. The van der Waals surface area contributed by atoms with Crippen LogP contribution in [0.15, 0.2) is 71.3 Å². The van der Waals surface area contributed by atoms with Gasteiger partial charge in [-0.3, -0.25) is 4.79 Å². The molecule has 122 valence electrons. The minimum absolute atomic E-state index is 0.541. The molecule has 0 bridgehead atoms. The molecule has 4 aromatic rings. The highest BCUT2D eigenvalue weighted by molar-refractivity contribution is 6.36. The first kappa shape index (κ1) is 15.4. The molecule has 0 fully saturated rings. The number of nitrogens with zero attached hydrogens (tertiary/aromatic N) is 1. The number of carbonyl (C=O) groups excluding carboxylic acids is 1. The van der Waals surface area contributed by atoms with Gasteiger partial charge in [-0.25, -0.2) is 0 Å². The number of halogens is 1. The summed E-state index contributed by atoms with van der Waals surface area (Å²) >= 11 is 6.59. The molecule has 0 amide bonds. The molecule has 4 rings (SSSR count). The van der Waals surface area contributed by atoms with Crippen LogP contribution in [0.25, 0.3) is 22.1 Å². The minimum atomic E-state index is 0.541. The minimum Gasteiger partial charge on any atom is -0.354 e. The summed E-state index contributed by atoms with van der Waals surface area (Å²) < 4.78 is 5.30. The molecule has 25 heavy (non-hydrogen) atoms. The Morgan fingerprint density at radius 2 is 1.84 bits per heavy atom. The van der Waals surface area contributed by atoms with E-state index in [2.05, 4.69) is 10.5 Å². The Bertz CT molecular complexity index is 1060. The SMILES string of the molecule is O=Cc1ccc2c(Nc3cccc(-c4ccccc4)c3Cl)noc2c1. The van der Waals surface area contributed by atoms with E-state index in [-0.39, 0.29) is 0 Å². The highest BCUT2D eigenvalue weighted by atomic mass is 35.5. The van der Waals surface area contributed by atoms with Gasteiger partial charge in [0.1, 0.15) is 6.29 Å². The largest absolute Gasteiger partial charge is 0.354 e. The third-order valence-corrected chi connectivity index (χ3v) is 4.38. The van der Waals surface area contributed by atoms with Crippen LogP contribution in [0.3, 0.4) is 0 Å². The zero-order valence-electron chi connectivity index (χ0n) is 13.1. The molecule has 0 aliphatic carbocycles. The van der Waals surface area contributed by atoms with Crippen molar-refractivity contribution in [1.82, 2.24) is 5.16 Å². The van der Waals surface area contributed by atoms with Gasteiger partial charge in [-0.1, -0.05) is 65.3 Å². The molecule has 0 aliphatic heterocycles. The van der Waals surface area contributed by atoms with Crippen LogP contribution in [-0.2, 0) is 0 Å². The fourth-order valence-electron chi connectivity index (χ4n) is 2.71. The fourth-order valence-corrected chi connectivity index (χ4v) is 3.00. The molecule has 0 unspecified atom stereocenters. The number of aromatic nitrogens is 1. The van der Waals surface area contributed by atoms with Gasteiger partial charge < -0.3 is 9.84 Å². The van der Waals surface area contributed by atoms with Crippen LogP contribution in [0.2, 0.25) is 5.02 Å². The third kappa shape index (κ3) is 2.88. The number of anilines is 2. The summed E-state index contributed by atoms with van der Waals surface area (Å²) in [6, 6.07) is 20.9. The molecule has 1 N–H and O–H groups in total. The molecular formula is C20H13ClN2O2. The molecule has 4 nitrogen and oxygen atoms in total. The van der Waals surface area contributed by atoms with Crippen LogP contribution >= 0.6 is 11.6 Å². The van der Waals surface area contributed by atoms with E-state index in [1.54, 1.807) is 18.2 Å². The molecule has 0 radical (unpaired) electrons. The second-order valence-corrected chi connectivity index (χ2v) is 5.94. The summed E-state index contributed by atoms with van der Waals surface area (Å²) in [5, 5.41) is 8.66. The predicted octanol–water partition coefficient (Wildman–Crippen LogP) is 5.70. The van der Waals surface area contributed by atoms with E-state index in [0.29, 0.717) is 22.0 Å². The van der Waals surface area contributed by atoms with Crippen molar-refractivity contribution in [2.45, 2.75) is 0 Å². The first-order valence-electron chi connectivity index (χ1n) is 7.72. The third-order valence-electron chi connectivity index (χ3n) is 3.97. The van der Waals surface area contributed by atoms with Gasteiger partial charge in [0, 0.05) is 11.1 Å². The van der Waals surface area contributed by atoms with Crippen molar-refractivity contribution in [3.8, 4) is 11.1 Å². The Morgan fingerprint density at radius 1 is 1.00 bits per heavy atom. The van der Waals surface area contributed by atoms with E-state index in [0.717, 1.165) is 28.5 Å². The quantitative estimate of drug-likeness (QED) is 0.480. The van der Waals surface area contributed by atoms with E-state index in [4.69, 9.17) is 16.1 Å². The van der Waals surface area contributed by atoms with Crippen LogP contribution in [0.1, 0.15) is 10.4 Å². The first-order valence-corrected chi connectivity index (χ1v) is 8.09. The molecule has 5 heteroatoms. The molecule has 0 spiro atoms. The van der Waals surface area contributed by atoms with Crippen molar-refractivity contribution in [3.63, 3.8) is 0 Å². The molecular weight excluding hydrogens is 336 g/mol. The van der Waals surface area contributed by atoms with Gasteiger partial charge in [0.05, 0.1) is 16.1 Å². The number of fused-ring (bicyclic) bond motifs is 1. The Labute approximate surface area is 149 Å². The van der Waals surface area contributed by atoms with Crippen molar-refractivity contribution in [3.05, 3.63) is 77.3 Å². The van der Waals surface area contributed by atoms with E-state index >= 15 is 0 Å². The van der Waals surface area contributed by atoms with Crippen LogP contribution in [0.4, 0.5) is 11.5 Å². The number of benzene rings is 3. The maximum Gasteiger partial charge on any atom is 0.181 e.